The van der Waals surface area contributed by atoms with E-state index in [-0.39, 0.29) is 43.9 Å². The first kappa shape index (κ1) is 40.1. The van der Waals surface area contributed by atoms with Crippen molar-refractivity contribution in [3.8, 4) is 5.88 Å². The first-order chi connectivity index (χ1) is 25.9. The molecule has 55 heavy (non-hydrogen) atoms. The molecule has 4 aliphatic rings. The molecule has 0 spiro atoms. The fraction of sp³-hybridized carbons (Fsp3) is 0.600. The van der Waals surface area contributed by atoms with Crippen LogP contribution in [0.1, 0.15) is 111 Å². The Labute approximate surface area is 322 Å². The molecule has 1 aromatic carbocycles. The summed E-state index contributed by atoms with van der Waals surface area (Å²) in [5.41, 5.74) is -0.317. The molecular formula is C40H53N5O9S. The van der Waals surface area contributed by atoms with Gasteiger partial charge in [0.05, 0.1) is 11.8 Å². The molecule has 1 aromatic heterocycles. The number of rotatable bonds is 15. The lowest BCUT2D eigenvalue weighted by Gasteiger charge is -2.30. The van der Waals surface area contributed by atoms with Crippen molar-refractivity contribution in [2.75, 3.05) is 6.54 Å². The van der Waals surface area contributed by atoms with Crippen LogP contribution >= 0.6 is 0 Å². The van der Waals surface area contributed by atoms with E-state index in [4.69, 9.17) is 9.47 Å². The highest BCUT2D eigenvalue weighted by Gasteiger charge is 2.62. The molecule has 5 atom stereocenters. The van der Waals surface area contributed by atoms with Gasteiger partial charge in [0.1, 0.15) is 29.3 Å². The summed E-state index contributed by atoms with van der Waals surface area (Å²) in [6.07, 6.45) is 5.37. The van der Waals surface area contributed by atoms with E-state index >= 15 is 0 Å². The Morgan fingerprint density at radius 1 is 1.07 bits per heavy atom. The Hall–Kier alpha value is -4.53. The average molecular weight is 780 g/mol. The van der Waals surface area contributed by atoms with Crippen LogP contribution in [0.5, 0.6) is 5.88 Å². The van der Waals surface area contributed by atoms with Gasteiger partial charge in [-0.15, -0.1) is 0 Å². The Balaban J connectivity index is 1.28. The number of carbonyl (C=O) groups is 5. The molecule has 2 aromatic rings. The van der Waals surface area contributed by atoms with E-state index in [1.807, 2.05) is 19.1 Å². The number of pyridine rings is 1. The molecule has 3 aliphatic carbocycles. The number of aromatic nitrogens is 1. The third kappa shape index (κ3) is 9.65. The van der Waals surface area contributed by atoms with Gasteiger partial charge < -0.3 is 25.0 Å². The van der Waals surface area contributed by atoms with Gasteiger partial charge in [0.2, 0.25) is 27.7 Å². The van der Waals surface area contributed by atoms with Crippen LogP contribution in [-0.4, -0.2) is 89.0 Å². The smallest absolute Gasteiger partial charge is 0.408 e. The number of amides is 4. The molecule has 4 amide bonds. The quantitative estimate of drug-likeness (QED) is 0.216. The Morgan fingerprint density at radius 3 is 2.42 bits per heavy atom. The zero-order valence-electron chi connectivity index (χ0n) is 32.5. The van der Waals surface area contributed by atoms with Crippen molar-refractivity contribution in [1.82, 2.24) is 25.2 Å². The van der Waals surface area contributed by atoms with Crippen molar-refractivity contribution in [3.05, 3.63) is 47.7 Å². The minimum absolute atomic E-state index is 0.0144. The van der Waals surface area contributed by atoms with E-state index in [1.165, 1.54) is 16.5 Å². The van der Waals surface area contributed by atoms with Gasteiger partial charge in [-0.1, -0.05) is 31.1 Å². The number of ether oxygens (including phenoxy) is 2. The van der Waals surface area contributed by atoms with Gasteiger partial charge >= 0.3 is 6.09 Å². The fourth-order valence-corrected chi connectivity index (χ4v) is 8.71. The van der Waals surface area contributed by atoms with Crippen LogP contribution in [0, 0.1) is 5.92 Å². The Bertz CT molecular complexity index is 2000. The molecule has 0 radical (unpaired) electrons. The number of alkyl carbamates (subject to hydrolysis) is 1. The third-order valence-corrected chi connectivity index (χ3v) is 12.4. The molecule has 0 unspecified atom stereocenters. The number of fused-ring (bicyclic) bond motifs is 1. The third-order valence-electron chi connectivity index (χ3n) is 10.6. The maximum Gasteiger partial charge on any atom is 0.408 e. The van der Waals surface area contributed by atoms with Crippen molar-refractivity contribution in [3.63, 3.8) is 0 Å². The van der Waals surface area contributed by atoms with Gasteiger partial charge in [0.15, 0.2) is 5.78 Å². The largest absolute Gasteiger partial charge is 0.472 e. The Kier molecular flexibility index (Phi) is 11.3. The number of hydrogen-bond donors (Lipinski definition) is 3. The second-order valence-corrected chi connectivity index (χ2v) is 18.7. The van der Waals surface area contributed by atoms with Gasteiger partial charge in [-0.2, -0.15) is 0 Å². The molecule has 0 bridgehead atoms. The highest BCUT2D eigenvalue weighted by molar-refractivity contribution is 7.91. The number of hydrogen-bond acceptors (Lipinski definition) is 10. The number of ketones is 1. The van der Waals surface area contributed by atoms with Crippen molar-refractivity contribution in [2.45, 2.75) is 140 Å². The van der Waals surface area contributed by atoms with Crippen molar-refractivity contribution in [2.24, 2.45) is 5.92 Å². The molecule has 3 N–H and O–H groups in total. The second kappa shape index (κ2) is 15.5. The first-order valence-corrected chi connectivity index (χ1v) is 20.8. The number of sulfonamides is 1. The highest BCUT2D eigenvalue weighted by atomic mass is 32.2. The molecule has 6 rings (SSSR count). The molecule has 14 nitrogen and oxygen atoms in total. The highest BCUT2D eigenvalue weighted by Crippen LogP contribution is 2.47. The molecule has 1 aliphatic heterocycles. The molecule has 298 valence electrons. The lowest BCUT2D eigenvalue weighted by molar-refractivity contribution is -0.141. The number of carbonyl (C=O) groups excluding carboxylic acids is 5. The van der Waals surface area contributed by atoms with Crippen LogP contribution in [-0.2, 0) is 33.9 Å². The first-order valence-electron chi connectivity index (χ1n) is 19.3. The molecular weight excluding hydrogens is 727 g/mol. The number of benzene rings is 1. The predicted molar refractivity (Wildman–Crippen MR) is 204 cm³/mol. The van der Waals surface area contributed by atoms with Crippen molar-refractivity contribution in [1.29, 1.82) is 0 Å². The van der Waals surface area contributed by atoms with E-state index in [0.29, 0.717) is 31.1 Å². The van der Waals surface area contributed by atoms with E-state index in [2.05, 4.69) is 32.5 Å². The number of nitrogens with zero attached hydrogens (tertiary/aromatic N) is 2. The lowest BCUT2D eigenvalue weighted by Crippen LogP contribution is -2.58. The van der Waals surface area contributed by atoms with E-state index in [1.54, 1.807) is 40.8 Å². The molecule has 1 saturated heterocycles. The van der Waals surface area contributed by atoms with Crippen LogP contribution in [0.3, 0.4) is 0 Å². The van der Waals surface area contributed by atoms with Gasteiger partial charge in [0.25, 0.3) is 5.91 Å². The van der Waals surface area contributed by atoms with Crippen LogP contribution in [0.2, 0.25) is 0 Å². The number of allylic oxidation sites excluding steroid dienone is 2. The second-order valence-electron chi connectivity index (χ2n) is 16.7. The molecule has 3 saturated carbocycles. The summed E-state index contributed by atoms with van der Waals surface area (Å²) in [6.45, 7) is 10.4. The molecule has 15 heteroatoms. The summed E-state index contributed by atoms with van der Waals surface area (Å²) >= 11 is 0. The summed E-state index contributed by atoms with van der Waals surface area (Å²) in [6, 6.07) is 5.64. The number of nitrogens with one attached hydrogen (secondary N) is 3. The zero-order valence-corrected chi connectivity index (χ0v) is 33.3. The van der Waals surface area contributed by atoms with Crippen molar-refractivity contribution < 1.29 is 41.9 Å². The topological polar surface area (TPSA) is 190 Å². The lowest BCUT2D eigenvalue weighted by atomic mass is 10.0. The summed E-state index contributed by atoms with van der Waals surface area (Å²) in [7, 11) is -3.89. The minimum atomic E-state index is -3.89. The maximum atomic E-state index is 14.5. The summed E-state index contributed by atoms with van der Waals surface area (Å²) in [5.74, 6) is -1.76. The fourth-order valence-electron chi connectivity index (χ4n) is 7.35. The van der Waals surface area contributed by atoms with E-state index in [9.17, 15) is 32.4 Å². The summed E-state index contributed by atoms with van der Waals surface area (Å²) < 4.78 is 39.6. The van der Waals surface area contributed by atoms with Crippen LogP contribution in [0.15, 0.2) is 42.1 Å². The van der Waals surface area contributed by atoms with E-state index in [0.717, 1.165) is 29.2 Å². The van der Waals surface area contributed by atoms with E-state index < -0.39 is 68.4 Å². The van der Waals surface area contributed by atoms with Gasteiger partial charge in [-0.05, 0) is 114 Å². The monoisotopic (exact) mass is 779 g/mol. The predicted octanol–water partition coefficient (Wildman–Crippen LogP) is 4.56. The maximum absolute atomic E-state index is 14.5. The molecule has 2 heterocycles. The van der Waals surface area contributed by atoms with Crippen LogP contribution < -0.4 is 20.1 Å². The minimum Gasteiger partial charge on any atom is -0.472 e. The zero-order chi connectivity index (χ0) is 39.9. The summed E-state index contributed by atoms with van der Waals surface area (Å²) in [5, 5.41) is 6.55. The molecule has 4 fully saturated rings. The standard InChI is InChI=1S/C40H53N5O9S/c1-7-27-21-40(27,37(49)44-55(51,52)30-12-13-30)43-34(47)33-20-29(53-35-31-14-10-25(24-8-9-24)19-26(31)16-17-41-35)22-45(33)36(48)32(15-11-28(46)18-23(2)3)42-38(50)54-39(4,5)6/h10,14,16-19,24,27,29-30,32-33H,7-9,11-13,15,20-22H2,1-6H3,(H,42,50)(H,43,47)(H,44,49)/t27-,29-,32+,33+,40-/m1/s1. The number of likely N-dealkylation sites (tertiary alicyclic amines) is 1. The van der Waals surface area contributed by atoms with Gasteiger partial charge in [0, 0.05) is 24.4 Å². The van der Waals surface area contributed by atoms with Crippen LogP contribution in [0.4, 0.5) is 4.79 Å². The van der Waals surface area contributed by atoms with Gasteiger partial charge in [-0.25, -0.2) is 18.2 Å². The normalized spacial score (nSPS) is 24.0. The van der Waals surface area contributed by atoms with Crippen LogP contribution in [0.25, 0.3) is 10.8 Å². The Morgan fingerprint density at radius 2 is 1.80 bits per heavy atom. The SMILES string of the molecule is CC[C@@H]1C[C@]1(NC(=O)[C@@H]1C[C@@H](Oc2nccc3cc(C4CC4)ccc23)CN1C(=O)[C@H](CCC(=O)C=C(C)C)NC(=O)OC(C)(C)C)C(=O)NS(=O)(=O)C1CC1. The average Bonchev–Trinajstić information content (AvgIpc) is 3.98. The van der Waals surface area contributed by atoms with Crippen molar-refractivity contribution >= 4 is 50.4 Å². The van der Waals surface area contributed by atoms with Gasteiger partial charge in [-0.3, -0.25) is 23.9 Å². The summed E-state index contributed by atoms with van der Waals surface area (Å²) in [4.78, 5) is 74.0.